The van der Waals surface area contributed by atoms with Crippen molar-refractivity contribution in [3.63, 3.8) is 0 Å². The molecule has 0 amide bonds. The molecule has 1 saturated carbocycles. The Morgan fingerprint density at radius 3 is 2.73 bits per heavy atom. The van der Waals surface area contributed by atoms with Gasteiger partial charge in [-0.3, -0.25) is 4.79 Å². The van der Waals surface area contributed by atoms with Crippen molar-refractivity contribution in [2.24, 2.45) is 23.7 Å². The van der Waals surface area contributed by atoms with Crippen LogP contribution in [0, 0.1) is 35.0 Å². The van der Waals surface area contributed by atoms with E-state index in [1.54, 1.807) is 0 Å². The van der Waals surface area contributed by atoms with Crippen molar-refractivity contribution in [1.82, 2.24) is 0 Å². The summed E-state index contributed by atoms with van der Waals surface area (Å²) in [5, 5.41) is 9.05. The van der Waals surface area contributed by atoms with Crippen molar-refractivity contribution in [3.05, 3.63) is 12.2 Å². The fraction of sp³-hybridized carbons (Fsp3) is 0.667. The molecule has 4 atom stereocenters. The summed E-state index contributed by atoms with van der Waals surface area (Å²) in [6.45, 7) is 3.67. The molecular formula is C12H15NO2. The zero-order valence-electron chi connectivity index (χ0n) is 9.01. The van der Waals surface area contributed by atoms with E-state index in [1.807, 2.05) is 13.8 Å². The highest BCUT2D eigenvalue weighted by atomic mass is 16.5. The number of fused-ring (bicyclic) bond motifs is 2. The second kappa shape index (κ2) is 3.69. The number of carbonyl (C=O) groups is 1. The highest BCUT2D eigenvalue weighted by Crippen LogP contribution is 2.48. The molecule has 3 heteroatoms. The van der Waals surface area contributed by atoms with E-state index in [0.29, 0.717) is 0 Å². The molecule has 0 saturated heterocycles. The van der Waals surface area contributed by atoms with Crippen molar-refractivity contribution in [2.45, 2.75) is 26.4 Å². The van der Waals surface area contributed by atoms with Gasteiger partial charge in [-0.2, -0.15) is 5.26 Å². The maximum absolute atomic E-state index is 11.8. The van der Waals surface area contributed by atoms with Gasteiger partial charge < -0.3 is 4.74 Å². The average molecular weight is 205 g/mol. The summed E-state index contributed by atoms with van der Waals surface area (Å²) in [5.74, 6) is -0.109. The van der Waals surface area contributed by atoms with Crippen LogP contribution in [0.2, 0.25) is 0 Å². The maximum atomic E-state index is 11.8. The van der Waals surface area contributed by atoms with Crippen molar-refractivity contribution in [3.8, 4) is 6.07 Å². The molecule has 15 heavy (non-hydrogen) atoms. The van der Waals surface area contributed by atoms with Crippen LogP contribution in [-0.4, -0.2) is 12.1 Å². The molecular weight excluding hydrogens is 190 g/mol. The Morgan fingerprint density at radius 2 is 2.13 bits per heavy atom. The molecule has 0 spiro atoms. The molecule has 1 fully saturated rings. The molecule has 80 valence electrons. The van der Waals surface area contributed by atoms with Crippen LogP contribution in [0.25, 0.3) is 0 Å². The van der Waals surface area contributed by atoms with Gasteiger partial charge in [-0.1, -0.05) is 12.2 Å². The van der Waals surface area contributed by atoms with E-state index in [4.69, 9.17) is 10.00 Å². The molecule has 0 aromatic heterocycles. The largest absolute Gasteiger partial charge is 0.463 e. The number of ether oxygens (including phenoxy) is 1. The zero-order chi connectivity index (χ0) is 11.0. The van der Waals surface area contributed by atoms with Crippen LogP contribution in [-0.2, 0) is 9.53 Å². The fourth-order valence-electron chi connectivity index (χ4n) is 2.63. The standard InChI is InChI=1S/C12H15NO2/c1-7(2)15-12(14)11-9-4-3-8(5-9)10(11)6-13/h3-4,7-11H,5H2,1-2H3/t8-,9+,10+,11-/m0/s1. The first-order valence-corrected chi connectivity index (χ1v) is 5.42. The first-order valence-electron chi connectivity index (χ1n) is 5.42. The Morgan fingerprint density at radius 1 is 1.47 bits per heavy atom. The lowest BCUT2D eigenvalue weighted by molar-refractivity contribution is -0.154. The number of esters is 1. The molecule has 0 aromatic carbocycles. The normalized spacial score (nSPS) is 36.9. The van der Waals surface area contributed by atoms with Gasteiger partial charge in [0.05, 0.1) is 24.0 Å². The van der Waals surface area contributed by atoms with Crippen molar-refractivity contribution < 1.29 is 9.53 Å². The van der Waals surface area contributed by atoms with Crippen molar-refractivity contribution in [2.75, 3.05) is 0 Å². The van der Waals surface area contributed by atoms with Gasteiger partial charge >= 0.3 is 5.97 Å². The summed E-state index contributed by atoms with van der Waals surface area (Å²) < 4.78 is 5.19. The first kappa shape index (κ1) is 10.2. The maximum Gasteiger partial charge on any atom is 0.311 e. The fourth-order valence-corrected chi connectivity index (χ4v) is 2.63. The van der Waals surface area contributed by atoms with Crippen LogP contribution in [0.3, 0.4) is 0 Å². The van der Waals surface area contributed by atoms with Gasteiger partial charge in [0.15, 0.2) is 0 Å². The van der Waals surface area contributed by atoms with Crippen molar-refractivity contribution in [1.29, 1.82) is 5.26 Å². The Bertz CT molecular complexity index is 340. The summed E-state index contributed by atoms with van der Waals surface area (Å²) in [6, 6.07) is 2.25. The number of carbonyl (C=O) groups excluding carboxylic acids is 1. The smallest absolute Gasteiger partial charge is 0.311 e. The zero-order valence-corrected chi connectivity index (χ0v) is 9.01. The van der Waals surface area contributed by atoms with Gasteiger partial charge in [0.1, 0.15) is 0 Å². The molecule has 0 aliphatic heterocycles. The molecule has 2 rings (SSSR count). The molecule has 0 radical (unpaired) electrons. The monoisotopic (exact) mass is 205 g/mol. The number of allylic oxidation sites excluding steroid dienone is 2. The molecule has 2 aliphatic rings. The number of hydrogen-bond donors (Lipinski definition) is 0. The van der Waals surface area contributed by atoms with Crippen LogP contribution in [0.15, 0.2) is 12.2 Å². The minimum absolute atomic E-state index is 0.0973. The van der Waals surface area contributed by atoms with Crippen LogP contribution in [0.1, 0.15) is 20.3 Å². The molecule has 2 aliphatic carbocycles. The molecule has 0 heterocycles. The van der Waals surface area contributed by atoms with E-state index in [1.165, 1.54) is 0 Å². The number of nitrogens with zero attached hydrogens (tertiary/aromatic N) is 1. The SMILES string of the molecule is CC(C)OC(=O)[C@@H]1[C@H](C#N)[C@H]2C=C[C@@H]1C2. The second-order valence-corrected chi connectivity index (χ2v) is 4.61. The number of hydrogen-bond acceptors (Lipinski definition) is 3. The van der Waals surface area contributed by atoms with Gasteiger partial charge in [0.2, 0.25) is 0 Å². The lowest BCUT2D eigenvalue weighted by atomic mass is 9.84. The van der Waals surface area contributed by atoms with E-state index in [9.17, 15) is 4.79 Å². The minimum atomic E-state index is -0.229. The summed E-state index contributed by atoms with van der Waals surface area (Å²) >= 11 is 0. The third-order valence-corrected chi connectivity index (χ3v) is 3.23. The van der Waals surface area contributed by atoms with Crippen LogP contribution in [0.4, 0.5) is 0 Å². The number of nitriles is 1. The highest BCUT2D eigenvalue weighted by molar-refractivity contribution is 5.75. The van der Waals surface area contributed by atoms with E-state index in [2.05, 4.69) is 18.2 Å². The van der Waals surface area contributed by atoms with Gasteiger partial charge in [-0.25, -0.2) is 0 Å². The molecule has 0 N–H and O–H groups in total. The van der Waals surface area contributed by atoms with Gasteiger partial charge in [-0.15, -0.1) is 0 Å². The minimum Gasteiger partial charge on any atom is -0.463 e. The third-order valence-electron chi connectivity index (χ3n) is 3.23. The molecule has 2 bridgehead atoms. The predicted molar refractivity (Wildman–Crippen MR) is 54.6 cm³/mol. The van der Waals surface area contributed by atoms with Gasteiger partial charge in [0, 0.05) is 0 Å². The van der Waals surface area contributed by atoms with E-state index in [-0.39, 0.29) is 35.7 Å². The Hall–Kier alpha value is -1.30. The summed E-state index contributed by atoms with van der Waals surface area (Å²) in [4.78, 5) is 11.8. The molecule has 3 nitrogen and oxygen atoms in total. The van der Waals surface area contributed by atoms with Gasteiger partial charge in [-0.05, 0) is 32.1 Å². The Labute approximate surface area is 89.7 Å². The first-order chi connectivity index (χ1) is 7.13. The average Bonchev–Trinajstić information content (AvgIpc) is 2.74. The van der Waals surface area contributed by atoms with E-state index < -0.39 is 0 Å². The quantitative estimate of drug-likeness (QED) is 0.511. The van der Waals surface area contributed by atoms with Crippen LogP contribution < -0.4 is 0 Å². The van der Waals surface area contributed by atoms with E-state index >= 15 is 0 Å². The van der Waals surface area contributed by atoms with Gasteiger partial charge in [0.25, 0.3) is 0 Å². The van der Waals surface area contributed by atoms with Crippen LogP contribution in [0.5, 0.6) is 0 Å². The van der Waals surface area contributed by atoms with Crippen molar-refractivity contribution >= 4 is 5.97 Å². The summed E-state index contributed by atoms with van der Waals surface area (Å²) in [6.07, 6.45) is 4.97. The predicted octanol–water partition coefficient (Wildman–Crippen LogP) is 1.90. The molecule has 0 unspecified atom stereocenters. The topological polar surface area (TPSA) is 50.1 Å². The highest BCUT2D eigenvalue weighted by Gasteiger charge is 2.49. The summed E-state index contributed by atoms with van der Waals surface area (Å²) in [7, 11) is 0. The summed E-state index contributed by atoms with van der Waals surface area (Å²) in [5.41, 5.74) is 0. The number of rotatable bonds is 2. The molecule has 0 aromatic rings. The van der Waals surface area contributed by atoms with E-state index in [0.717, 1.165) is 6.42 Å². The Balaban J connectivity index is 2.12. The lowest BCUT2D eigenvalue weighted by Gasteiger charge is -2.22. The second-order valence-electron chi connectivity index (χ2n) is 4.61. The third kappa shape index (κ3) is 1.65. The van der Waals surface area contributed by atoms with Crippen LogP contribution >= 0.6 is 0 Å². The Kier molecular flexibility index (Phi) is 2.52. The lowest BCUT2D eigenvalue weighted by Crippen LogP contribution is -2.30.